The minimum atomic E-state index is 0.778. The van der Waals surface area contributed by atoms with Crippen molar-refractivity contribution in [1.82, 2.24) is 15.1 Å². The van der Waals surface area contributed by atoms with Crippen LogP contribution in [0.3, 0.4) is 0 Å². The maximum absolute atomic E-state index is 5.76. The van der Waals surface area contributed by atoms with Gasteiger partial charge in [-0.2, -0.15) is 0 Å². The monoisotopic (exact) mass is 358 g/mol. The van der Waals surface area contributed by atoms with Crippen LogP contribution in [0.15, 0.2) is 29.3 Å². The minimum absolute atomic E-state index is 0.778. The zero-order chi connectivity index (χ0) is 18.2. The number of rotatable bonds is 9. The molecule has 2 aliphatic rings. The van der Waals surface area contributed by atoms with Gasteiger partial charge < -0.3 is 15.0 Å². The molecule has 0 bridgehead atoms. The largest absolute Gasteiger partial charge is 0.379 e. The van der Waals surface area contributed by atoms with Crippen molar-refractivity contribution in [3.63, 3.8) is 0 Å². The summed E-state index contributed by atoms with van der Waals surface area (Å²) in [5.74, 6) is 1.82. The molecule has 26 heavy (non-hydrogen) atoms. The summed E-state index contributed by atoms with van der Waals surface area (Å²) in [6.45, 7) is 9.62. The van der Waals surface area contributed by atoms with Crippen LogP contribution in [-0.4, -0.2) is 68.7 Å². The molecule has 0 atom stereocenters. The lowest BCUT2D eigenvalue weighted by atomic mass is 10.0. The van der Waals surface area contributed by atoms with Gasteiger partial charge in [-0.3, -0.25) is 9.89 Å². The molecular weight excluding hydrogens is 324 g/mol. The molecule has 1 aromatic carbocycles. The van der Waals surface area contributed by atoms with E-state index in [9.17, 15) is 0 Å². The molecule has 1 N–H and O–H groups in total. The Morgan fingerprint density at radius 3 is 2.88 bits per heavy atom. The fraction of sp³-hybridized carbons (Fsp3) is 0.667. The Bertz CT molecular complexity index is 585. The number of ether oxygens (including phenoxy) is 1. The van der Waals surface area contributed by atoms with Crippen LogP contribution in [-0.2, 0) is 17.7 Å². The molecule has 1 saturated carbocycles. The quantitative estimate of drug-likeness (QED) is 0.418. The van der Waals surface area contributed by atoms with Gasteiger partial charge in [0.25, 0.3) is 0 Å². The molecule has 0 amide bonds. The SMILES string of the molecule is CCNC(=NCCN1CCc2ccccc2C1)N(C)CCOCC1CC1. The van der Waals surface area contributed by atoms with Crippen LogP contribution in [0.2, 0.25) is 0 Å². The Morgan fingerprint density at radius 1 is 1.31 bits per heavy atom. The van der Waals surface area contributed by atoms with E-state index in [1.54, 1.807) is 0 Å². The van der Waals surface area contributed by atoms with Crippen LogP contribution in [0.25, 0.3) is 0 Å². The summed E-state index contributed by atoms with van der Waals surface area (Å²) >= 11 is 0. The molecule has 144 valence electrons. The van der Waals surface area contributed by atoms with Crippen molar-refractivity contribution in [1.29, 1.82) is 0 Å². The van der Waals surface area contributed by atoms with Gasteiger partial charge in [-0.1, -0.05) is 24.3 Å². The average Bonchev–Trinajstić information content (AvgIpc) is 3.48. The highest BCUT2D eigenvalue weighted by Gasteiger charge is 2.21. The maximum Gasteiger partial charge on any atom is 0.193 e. The molecule has 1 aliphatic carbocycles. The average molecular weight is 359 g/mol. The zero-order valence-corrected chi connectivity index (χ0v) is 16.4. The Kier molecular flexibility index (Phi) is 7.32. The summed E-state index contributed by atoms with van der Waals surface area (Å²) in [5.41, 5.74) is 2.98. The Labute approximate surface area is 158 Å². The van der Waals surface area contributed by atoms with Crippen molar-refractivity contribution in [2.75, 3.05) is 53.0 Å². The second kappa shape index (κ2) is 9.93. The van der Waals surface area contributed by atoms with Gasteiger partial charge in [0.2, 0.25) is 0 Å². The molecule has 1 fully saturated rings. The maximum atomic E-state index is 5.76. The number of benzene rings is 1. The van der Waals surface area contributed by atoms with Gasteiger partial charge in [0.05, 0.1) is 13.2 Å². The van der Waals surface area contributed by atoms with Gasteiger partial charge in [-0.05, 0) is 43.2 Å². The van der Waals surface area contributed by atoms with E-state index in [1.165, 1.54) is 24.0 Å². The summed E-state index contributed by atoms with van der Waals surface area (Å²) in [4.78, 5) is 9.51. The van der Waals surface area contributed by atoms with E-state index >= 15 is 0 Å². The molecule has 1 aromatic rings. The predicted molar refractivity (Wildman–Crippen MR) is 108 cm³/mol. The van der Waals surface area contributed by atoms with E-state index in [2.05, 4.69) is 53.4 Å². The van der Waals surface area contributed by atoms with Crippen molar-refractivity contribution in [2.45, 2.75) is 32.7 Å². The van der Waals surface area contributed by atoms with Crippen LogP contribution in [0.4, 0.5) is 0 Å². The molecule has 0 spiro atoms. The lowest BCUT2D eigenvalue weighted by Crippen LogP contribution is -2.41. The van der Waals surface area contributed by atoms with Gasteiger partial charge in [0, 0.05) is 46.4 Å². The molecule has 1 aliphatic heterocycles. The van der Waals surface area contributed by atoms with Gasteiger partial charge in [-0.15, -0.1) is 0 Å². The summed E-state index contributed by atoms with van der Waals surface area (Å²) in [5, 5.41) is 3.40. The van der Waals surface area contributed by atoms with Crippen LogP contribution in [0.1, 0.15) is 30.9 Å². The molecule has 0 saturated heterocycles. The second-order valence-electron chi connectivity index (χ2n) is 7.47. The van der Waals surface area contributed by atoms with E-state index < -0.39 is 0 Å². The number of guanidine groups is 1. The molecule has 3 rings (SSSR count). The fourth-order valence-corrected chi connectivity index (χ4v) is 3.35. The Hall–Kier alpha value is -1.59. The van der Waals surface area contributed by atoms with Gasteiger partial charge in [-0.25, -0.2) is 0 Å². The topological polar surface area (TPSA) is 40.1 Å². The minimum Gasteiger partial charge on any atom is -0.379 e. The first kappa shape index (κ1) is 19.2. The van der Waals surface area contributed by atoms with E-state index in [0.29, 0.717) is 0 Å². The zero-order valence-electron chi connectivity index (χ0n) is 16.4. The molecule has 0 radical (unpaired) electrons. The first-order chi connectivity index (χ1) is 12.8. The predicted octanol–water partition coefficient (Wildman–Crippen LogP) is 2.37. The first-order valence-corrected chi connectivity index (χ1v) is 10.1. The van der Waals surface area contributed by atoms with Gasteiger partial charge >= 0.3 is 0 Å². The molecule has 1 heterocycles. The highest BCUT2D eigenvalue weighted by molar-refractivity contribution is 5.79. The highest BCUT2D eigenvalue weighted by atomic mass is 16.5. The van der Waals surface area contributed by atoms with Crippen LogP contribution >= 0.6 is 0 Å². The number of aliphatic imine (C=N–C) groups is 1. The lowest BCUT2D eigenvalue weighted by molar-refractivity contribution is 0.115. The molecule has 5 nitrogen and oxygen atoms in total. The third kappa shape index (κ3) is 5.99. The normalized spacial score (nSPS) is 17.8. The van der Waals surface area contributed by atoms with E-state index in [1.807, 2.05) is 0 Å². The van der Waals surface area contributed by atoms with E-state index in [4.69, 9.17) is 9.73 Å². The third-order valence-electron chi connectivity index (χ3n) is 5.21. The van der Waals surface area contributed by atoms with Crippen LogP contribution < -0.4 is 5.32 Å². The van der Waals surface area contributed by atoms with Crippen LogP contribution in [0, 0.1) is 5.92 Å². The standard InChI is InChI=1S/C21H34N4O/c1-3-22-21(24(2)14-15-26-17-18-8-9-18)23-11-13-25-12-10-19-6-4-5-7-20(19)16-25/h4-7,18H,3,8-17H2,1-2H3,(H,22,23). The number of likely N-dealkylation sites (N-methyl/N-ethyl adjacent to an activating group) is 1. The Morgan fingerprint density at radius 2 is 2.12 bits per heavy atom. The van der Waals surface area contributed by atoms with Gasteiger partial charge in [0.1, 0.15) is 0 Å². The lowest BCUT2D eigenvalue weighted by Gasteiger charge is -2.28. The Balaban J connectivity index is 1.41. The smallest absolute Gasteiger partial charge is 0.193 e. The second-order valence-corrected chi connectivity index (χ2v) is 7.47. The van der Waals surface area contributed by atoms with Crippen molar-refractivity contribution in [3.05, 3.63) is 35.4 Å². The summed E-state index contributed by atoms with van der Waals surface area (Å²) in [7, 11) is 2.10. The molecule has 0 unspecified atom stereocenters. The van der Waals surface area contributed by atoms with Crippen molar-refractivity contribution < 1.29 is 4.74 Å². The number of hydrogen-bond donors (Lipinski definition) is 1. The van der Waals surface area contributed by atoms with E-state index in [0.717, 1.165) is 70.8 Å². The summed E-state index contributed by atoms with van der Waals surface area (Å²) in [6, 6.07) is 8.80. The van der Waals surface area contributed by atoms with Crippen molar-refractivity contribution in [2.24, 2.45) is 10.9 Å². The van der Waals surface area contributed by atoms with Crippen LogP contribution in [0.5, 0.6) is 0 Å². The number of nitrogens with one attached hydrogen (secondary N) is 1. The number of hydrogen-bond acceptors (Lipinski definition) is 3. The summed E-state index contributed by atoms with van der Waals surface area (Å²) < 4.78 is 5.76. The van der Waals surface area contributed by atoms with Crippen molar-refractivity contribution >= 4 is 5.96 Å². The number of nitrogens with zero attached hydrogens (tertiary/aromatic N) is 3. The number of fused-ring (bicyclic) bond motifs is 1. The van der Waals surface area contributed by atoms with Crippen molar-refractivity contribution in [3.8, 4) is 0 Å². The molecular formula is C21H34N4O. The third-order valence-corrected chi connectivity index (χ3v) is 5.21. The summed E-state index contributed by atoms with van der Waals surface area (Å²) in [6.07, 6.45) is 3.85. The fourth-order valence-electron chi connectivity index (χ4n) is 3.35. The first-order valence-electron chi connectivity index (χ1n) is 10.1. The van der Waals surface area contributed by atoms with Gasteiger partial charge in [0.15, 0.2) is 5.96 Å². The molecule has 0 aromatic heterocycles. The molecule has 5 heteroatoms. The highest BCUT2D eigenvalue weighted by Crippen LogP contribution is 2.28. The van der Waals surface area contributed by atoms with E-state index in [-0.39, 0.29) is 0 Å².